The number of benzene rings is 2. The van der Waals surface area contributed by atoms with Crippen molar-refractivity contribution in [1.82, 2.24) is 9.47 Å². The van der Waals surface area contributed by atoms with Gasteiger partial charge in [0.05, 0.1) is 37.1 Å². The van der Waals surface area contributed by atoms with E-state index in [-0.39, 0.29) is 0 Å². The first-order valence-electron chi connectivity index (χ1n) is 10.4. The van der Waals surface area contributed by atoms with E-state index < -0.39 is 0 Å². The normalized spacial score (nSPS) is 14.6. The van der Waals surface area contributed by atoms with Gasteiger partial charge in [0.2, 0.25) is 0 Å². The van der Waals surface area contributed by atoms with Gasteiger partial charge in [0, 0.05) is 37.6 Å². The number of hydrogen-bond donors (Lipinski definition) is 0. The number of ether oxygens (including phenoxy) is 3. The van der Waals surface area contributed by atoms with E-state index in [0.29, 0.717) is 12.2 Å². The van der Waals surface area contributed by atoms with Crippen molar-refractivity contribution in [3.05, 3.63) is 48.0 Å². The monoisotopic (exact) mass is 405 g/mol. The van der Waals surface area contributed by atoms with Gasteiger partial charge in [-0.25, -0.2) is 0 Å². The maximum atomic E-state index is 9.87. The number of aromatic nitrogens is 1. The summed E-state index contributed by atoms with van der Waals surface area (Å²) in [5.74, 6) is 1.63. The number of fused-ring (bicyclic) bond motifs is 1. The maximum Gasteiger partial charge on any atom is 0.120 e. The highest BCUT2D eigenvalue weighted by molar-refractivity contribution is 5.95. The van der Waals surface area contributed by atoms with Crippen molar-refractivity contribution in [2.45, 2.75) is 13.5 Å². The molecule has 1 fully saturated rings. The minimum absolute atomic E-state index is 0.651. The Kier molecular flexibility index (Phi) is 6.22. The highest BCUT2D eigenvalue weighted by Gasteiger charge is 2.18. The van der Waals surface area contributed by atoms with Gasteiger partial charge >= 0.3 is 0 Å². The lowest BCUT2D eigenvalue weighted by atomic mass is 10.1. The third-order valence-electron chi connectivity index (χ3n) is 5.61. The van der Waals surface area contributed by atoms with E-state index in [1.807, 2.05) is 42.5 Å². The zero-order chi connectivity index (χ0) is 20.9. The van der Waals surface area contributed by atoms with Crippen molar-refractivity contribution in [3.63, 3.8) is 0 Å². The number of nitriles is 1. The molecule has 1 saturated heterocycles. The van der Waals surface area contributed by atoms with E-state index in [0.717, 1.165) is 73.1 Å². The smallest absolute Gasteiger partial charge is 0.120 e. The Bertz CT molecular complexity index is 1040. The number of aryl methyl sites for hydroxylation is 1. The molecule has 6 nitrogen and oxygen atoms in total. The van der Waals surface area contributed by atoms with Crippen LogP contribution in [-0.2, 0) is 11.3 Å². The van der Waals surface area contributed by atoms with E-state index in [9.17, 15) is 5.26 Å². The van der Waals surface area contributed by atoms with Crippen LogP contribution in [0.25, 0.3) is 22.2 Å². The number of hydrogen-bond acceptors (Lipinski definition) is 5. The zero-order valence-corrected chi connectivity index (χ0v) is 17.6. The Morgan fingerprint density at radius 3 is 2.47 bits per heavy atom. The third-order valence-corrected chi connectivity index (χ3v) is 5.61. The minimum atomic E-state index is 0.651. The SMILES string of the molecule is CCn1c(-c2ccc(OCCN3CCOCC3)cc2)c(C#N)c2ccc(OC)cc21. The van der Waals surface area contributed by atoms with Crippen LogP contribution in [0.15, 0.2) is 42.5 Å². The summed E-state index contributed by atoms with van der Waals surface area (Å²) >= 11 is 0. The topological polar surface area (TPSA) is 59.7 Å². The molecule has 6 heteroatoms. The predicted octanol–water partition coefficient (Wildman–Crippen LogP) is 3.92. The molecule has 0 saturated carbocycles. The van der Waals surface area contributed by atoms with Crippen LogP contribution in [0.1, 0.15) is 12.5 Å². The van der Waals surface area contributed by atoms with Crippen molar-refractivity contribution < 1.29 is 14.2 Å². The molecule has 3 aromatic rings. The third kappa shape index (κ3) is 4.00. The van der Waals surface area contributed by atoms with Gasteiger partial charge in [0.15, 0.2) is 0 Å². The molecular formula is C24H27N3O3. The van der Waals surface area contributed by atoms with E-state index in [1.54, 1.807) is 7.11 Å². The molecule has 0 spiro atoms. The molecule has 0 amide bonds. The molecule has 0 aliphatic carbocycles. The summed E-state index contributed by atoms with van der Waals surface area (Å²) in [7, 11) is 1.66. The molecule has 0 unspecified atom stereocenters. The van der Waals surface area contributed by atoms with Crippen LogP contribution in [0.4, 0.5) is 0 Å². The molecule has 2 aromatic carbocycles. The van der Waals surface area contributed by atoms with Crippen LogP contribution >= 0.6 is 0 Å². The summed E-state index contributed by atoms with van der Waals surface area (Å²) in [5.41, 5.74) is 3.64. The van der Waals surface area contributed by atoms with Gasteiger partial charge in [0.1, 0.15) is 24.2 Å². The van der Waals surface area contributed by atoms with Gasteiger partial charge in [-0.3, -0.25) is 4.90 Å². The first-order chi connectivity index (χ1) is 14.7. The molecule has 4 rings (SSSR count). The van der Waals surface area contributed by atoms with E-state index in [1.165, 1.54) is 0 Å². The molecule has 2 heterocycles. The Morgan fingerprint density at radius 1 is 1.07 bits per heavy atom. The molecule has 0 bridgehead atoms. The Morgan fingerprint density at radius 2 is 1.80 bits per heavy atom. The lowest BCUT2D eigenvalue weighted by Gasteiger charge is -2.26. The second-order valence-corrected chi connectivity index (χ2v) is 7.29. The summed E-state index contributed by atoms with van der Waals surface area (Å²) in [6.07, 6.45) is 0. The summed E-state index contributed by atoms with van der Waals surface area (Å²) < 4.78 is 18.9. The average molecular weight is 405 g/mol. The predicted molar refractivity (Wildman–Crippen MR) is 117 cm³/mol. The number of nitrogens with zero attached hydrogens (tertiary/aromatic N) is 3. The van der Waals surface area contributed by atoms with Crippen LogP contribution in [-0.4, -0.2) is 56.0 Å². The molecule has 30 heavy (non-hydrogen) atoms. The summed E-state index contributed by atoms with van der Waals surface area (Å²) in [4.78, 5) is 2.35. The van der Waals surface area contributed by atoms with Crippen molar-refractivity contribution >= 4 is 10.9 Å². The Hall–Kier alpha value is -3.01. The van der Waals surface area contributed by atoms with Crippen LogP contribution in [0, 0.1) is 11.3 Å². The van der Waals surface area contributed by atoms with Gasteiger partial charge in [-0.05, 0) is 48.9 Å². The van der Waals surface area contributed by atoms with Gasteiger partial charge in [0.25, 0.3) is 0 Å². The highest BCUT2D eigenvalue weighted by atomic mass is 16.5. The van der Waals surface area contributed by atoms with Crippen LogP contribution in [0.2, 0.25) is 0 Å². The molecular weight excluding hydrogens is 378 g/mol. The fourth-order valence-corrected chi connectivity index (χ4v) is 4.02. The Labute approximate surface area is 177 Å². The Balaban J connectivity index is 1.57. The lowest BCUT2D eigenvalue weighted by molar-refractivity contribution is 0.0322. The second kappa shape index (κ2) is 9.21. The number of methoxy groups -OCH3 is 1. The quantitative estimate of drug-likeness (QED) is 0.596. The van der Waals surface area contributed by atoms with Gasteiger partial charge in [-0.2, -0.15) is 5.26 Å². The fraction of sp³-hybridized carbons (Fsp3) is 0.375. The first kappa shape index (κ1) is 20.3. The van der Waals surface area contributed by atoms with Gasteiger partial charge < -0.3 is 18.8 Å². The molecule has 1 aliphatic heterocycles. The number of morpholine rings is 1. The van der Waals surface area contributed by atoms with Gasteiger partial charge in [-0.1, -0.05) is 0 Å². The van der Waals surface area contributed by atoms with E-state index in [4.69, 9.17) is 14.2 Å². The standard InChI is InChI=1S/C24H27N3O3/c1-3-27-23-16-20(28-2)8-9-21(23)22(17-25)24(27)18-4-6-19(7-5-18)30-15-12-26-10-13-29-14-11-26/h4-9,16H,3,10-15H2,1-2H3. The van der Waals surface area contributed by atoms with E-state index >= 15 is 0 Å². The van der Waals surface area contributed by atoms with Crippen LogP contribution < -0.4 is 9.47 Å². The molecule has 0 atom stereocenters. The van der Waals surface area contributed by atoms with Crippen LogP contribution in [0.3, 0.4) is 0 Å². The number of rotatable bonds is 7. The molecule has 0 radical (unpaired) electrons. The highest BCUT2D eigenvalue weighted by Crippen LogP contribution is 2.35. The minimum Gasteiger partial charge on any atom is -0.497 e. The summed E-state index contributed by atoms with van der Waals surface area (Å²) in [6, 6.07) is 16.3. The zero-order valence-electron chi connectivity index (χ0n) is 17.6. The van der Waals surface area contributed by atoms with Crippen molar-refractivity contribution in [3.8, 4) is 28.8 Å². The molecule has 0 N–H and O–H groups in total. The molecule has 156 valence electrons. The van der Waals surface area contributed by atoms with Crippen LogP contribution in [0.5, 0.6) is 11.5 Å². The lowest BCUT2D eigenvalue weighted by Crippen LogP contribution is -2.38. The van der Waals surface area contributed by atoms with Gasteiger partial charge in [-0.15, -0.1) is 0 Å². The van der Waals surface area contributed by atoms with Crippen molar-refractivity contribution in [2.75, 3.05) is 46.6 Å². The second-order valence-electron chi connectivity index (χ2n) is 7.29. The average Bonchev–Trinajstić information content (AvgIpc) is 3.12. The first-order valence-corrected chi connectivity index (χ1v) is 10.4. The van der Waals surface area contributed by atoms with Crippen molar-refractivity contribution in [1.29, 1.82) is 5.26 Å². The summed E-state index contributed by atoms with van der Waals surface area (Å²) in [5, 5.41) is 10.8. The maximum absolute atomic E-state index is 9.87. The fourth-order valence-electron chi connectivity index (χ4n) is 4.02. The van der Waals surface area contributed by atoms with E-state index in [2.05, 4.69) is 22.5 Å². The summed E-state index contributed by atoms with van der Waals surface area (Å²) in [6.45, 7) is 7.93. The van der Waals surface area contributed by atoms with Crippen molar-refractivity contribution in [2.24, 2.45) is 0 Å². The largest absolute Gasteiger partial charge is 0.497 e. The molecule has 1 aliphatic rings. The molecule has 1 aromatic heterocycles.